The zero-order valence-electron chi connectivity index (χ0n) is 16.3. The lowest BCUT2D eigenvalue weighted by Crippen LogP contribution is -2.22. The number of thiazole rings is 1. The standard InChI is InChI=1S/C21H24N2O3S/c1-13-6-9-17(15(10-13)21(2,3)4)26-12-19(24)23-20-22-16-8-7-14(25-5)11-18(16)27-20/h6-11H,12H2,1-5H3,(H,22,23,24). The molecule has 6 heteroatoms. The Balaban J connectivity index is 1.68. The third kappa shape index (κ3) is 4.57. The average Bonchev–Trinajstić information content (AvgIpc) is 3.00. The summed E-state index contributed by atoms with van der Waals surface area (Å²) >= 11 is 1.41. The van der Waals surface area contributed by atoms with Gasteiger partial charge in [-0.1, -0.05) is 49.8 Å². The molecule has 1 N–H and O–H groups in total. The van der Waals surface area contributed by atoms with Gasteiger partial charge in [0.2, 0.25) is 0 Å². The van der Waals surface area contributed by atoms with Crippen LogP contribution in [0.4, 0.5) is 5.13 Å². The summed E-state index contributed by atoms with van der Waals surface area (Å²) in [7, 11) is 1.62. The van der Waals surface area contributed by atoms with E-state index in [9.17, 15) is 4.79 Å². The van der Waals surface area contributed by atoms with Gasteiger partial charge in [0.1, 0.15) is 11.5 Å². The molecular formula is C21H24N2O3S. The van der Waals surface area contributed by atoms with Crippen LogP contribution < -0.4 is 14.8 Å². The van der Waals surface area contributed by atoms with Gasteiger partial charge in [-0.15, -0.1) is 0 Å². The van der Waals surface area contributed by atoms with Gasteiger partial charge in [0.15, 0.2) is 11.7 Å². The van der Waals surface area contributed by atoms with E-state index in [1.165, 1.54) is 16.9 Å². The third-order valence-corrected chi connectivity index (χ3v) is 5.08. The van der Waals surface area contributed by atoms with Crippen molar-refractivity contribution >= 4 is 32.6 Å². The van der Waals surface area contributed by atoms with Crippen LogP contribution in [0.25, 0.3) is 10.2 Å². The number of benzene rings is 2. The second-order valence-electron chi connectivity index (χ2n) is 7.44. The number of rotatable bonds is 5. The van der Waals surface area contributed by atoms with E-state index in [-0.39, 0.29) is 17.9 Å². The maximum absolute atomic E-state index is 12.3. The summed E-state index contributed by atoms with van der Waals surface area (Å²) in [6, 6.07) is 11.6. The zero-order valence-corrected chi connectivity index (χ0v) is 17.1. The highest BCUT2D eigenvalue weighted by Crippen LogP contribution is 2.32. The van der Waals surface area contributed by atoms with Crippen molar-refractivity contribution in [3.05, 3.63) is 47.5 Å². The fourth-order valence-electron chi connectivity index (χ4n) is 2.74. The molecule has 142 valence electrons. The molecule has 0 fully saturated rings. The molecular weight excluding hydrogens is 360 g/mol. The van der Waals surface area contributed by atoms with Gasteiger partial charge in [0.25, 0.3) is 5.91 Å². The molecule has 2 aromatic carbocycles. The van der Waals surface area contributed by atoms with Gasteiger partial charge < -0.3 is 9.47 Å². The summed E-state index contributed by atoms with van der Waals surface area (Å²) in [5.74, 6) is 1.26. The Kier molecular flexibility index (Phi) is 5.37. The number of aromatic nitrogens is 1. The van der Waals surface area contributed by atoms with Crippen molar-refractivity contribution in [2.24, 2.45) is 0 Å². The molecule has 1 heterocycles. The number of hydrogen-bond donors (Lipinski definition) is 1. The summed E-state index contributed by atoms with van der Waals surface area (Å²) in [4.78, 5) is 16.7. The number of methoxy groups -OCH3 is 1. The van der Waals surface area contributed by atoms with E-state index >= 15 is 0 Å². The number of aryl methyl sites for hydroxylation is 1. The highest BCUT2D eigenvalue weighted by atomic mass is 32.1. The van der Waals surface area contributed by atoms with Crippen LogP contribution in [0.1, 0.15) is 31.9 Å². The molecule has 0 atom stereocenters. The Morgan fingerprint density at radius 2 is 1.96 bits per heavy atom. The predicted molar refractivity (Wildman–Crippen MR) is 110 cm³/mol. The van der Waals surface area contributed by atoms with Gasteiger partial charge in [-0.3, -0.25) is 10.1 Å². The quantitative estimate of drug-likeness (QED) is 0.678. The molecule has 0 unspecified atom stereocenters. The van der Waals surface area contributed by atoms with Gasteiger partial charge in [-0.2, -0.15) is 0 Å². The van der Waals surface area contributed by atoms with Crippen LogP contribution >= 0.6 is 11.3 Å². The van der Waals surface area contributed by atoms with Crippen LogP contribution in [0.3, 0.4) is 0 Å². The lowest BCUT2D eigenvalue weighted by molar-refractivity contribution is -0.118. The number of carbonyl (C=O) groups excluding carboxylic acids is 1. The molecule has 1 amide bonds. The maximum atomic E-state index is 12.3. The Morgan fingerprint density at radius 3 is 2.67 bits per heavy atom. The molecule has 3 rings (SSSR count). The Bertz CT molecular complexity index is 973. The van der Waals surface area contributed by atoms with E-state index in [1.54, 1.807) is 7.11 Å². The van der Waals surface area contributed by atoms with Crippen LogP contribution in [0.5, 0.6) is 11.5 Å². The first-order valence-corrected chi connectivity index (χ1v) is 9.56. The van der Waals surface area contributed by atoms with Crippen LogP contribution in [-0.4, -0.2) is 24.6 Å². The molecule has 0 bridgehead atoms. The number of ether oxygens (including phenoxy) is 2. The molecule has 0 spiro atoms. The van der Waals surface area contributed by atoms with Gasteiger partial charge in [0.05, 0.1) is 17.3 Å². The topological polar surface area (TPSA) is 60.5 Å². The van der Waals surface area contributed by atoms with Crippen molar-refractivity contribution < 1.29 is 14.3 Å². The van der Waals surface area contributed by atoms with Gasteiger partial charge in [-0.05, 0) is 42.2 Å². The molecule has 0 aliphatic heterocycles. The fraction of sp³-hybridized carbons (Fsp3) is 0.333. The highest BCUT2D eigenvalue weighted by molar-refractivity contribution is 7.22. The highest BCUT2D eigenvalue weighted by Gasteiger charge is 2.20. The third-order valence-electron chi connectivity index (χ3n) is 4.14. The largest absolute Gasteiger partial charge is 0.497 e. The average molecular weight is 385 g/mol. The minimum absolute atomic E-state index is 0.0641. The second-order valence-corrected chi connectivity index (χ2v) is 8.47. The number of nitrogens with one attached hydrogen (secondary N) is 1. The fourth-order valence-corrected chi connectivity index (χ4v) is 3.65. The van der Waals surface area contributed by atoms with Crippen molar-refractivity contribution in [1.82, 2.24) is 4.98 Å². The predicted octanol–water partition coefficient (Wildman–Crippen LogP) is 4.93. The molecule has 0 aliphatic rings. The Morgan fingerprint density at radius 1 is 1.19 bits per heavy atom. The minimum atomic E-state index is -0.235. The van der Waals surface area contributed by atoms with Gasteiger partial charge >= 0.3 is 0 Å². The zero-order chi connectivity index (χ0) is 19.6. The molecule has 0 saturated carbocycles. The first-order chi connectivity index (χ1) is 12.8. The number of anilines is 1. The Labute approximate surface area is 163 Å². The van der Waals surface area contributed by atoms with Crippen LogP contribution in [0.2, 0.25) is 0 Å². The number of amides is 1. The van der Waals surface area contributed by atoms with Crippen LogP contribution in [0.15, 0.2) is 36.4 Å². The number of fused-ring (bicyclic) bond motifs is 1. The summed E-state index contributed by atoms with van der Waals surface area (Å²) < 4.78 is 12.0. The van der Waals surface area contributed by atoms with Crippen molar-refractivity contribution in [2.75, 3.05) is 19.0 Å². The van der Waals surface area contributed by atoms with Crippen molar-refractivity contribution in [3.8, 4) is 11.5 Å². The monoisotopic (exact) mass is 384 g/mol. The number of hydrogen-bond acceptors (Lipinski definition) is 5. The molecule has 0 saturated heterocycles. The van der Waals surface area contributed by atoms with E-state index in [2.05, 4.69) is 37.1 Å². The van der Waals surface area contributed by atoms with E-state index < -0.39 is 0 Å². The van der Waals surface area contributed by atoms with E-state index in [4.69, 9.17) is 9.47 Å². The van der Waals surface area contributed by atoms with E-state index in [1.807, 2.05) is 37.3 Å². The van der Waals surface area contributed by atoms with E-state index in [0.29, 0.717) is 5.13 Å². The molecule has 27 heavy (non-hydrogen) atoms. The molecule has 5 nitrogen and oxygen atoms in total. The lowest BCUT2D eigenvalue weighted by atomic mass is 9.85. The summed E-state index contributed by atoms with van der Waals surface area (Å²) in [5, 5.41) is 3.36. The normalized spacial score (nSPS) is 11.4. The molecule has 3 aromatic rings. The molecule has 0 radical (unpaired) electrons. The number of nitrogens with zero attached hydrogens (tertiary/aromatic N) is 1. The number of carbonyl (C=O) groups is 1. The maximum Gasteiger partial charge on any atom is 0.264 e. The van der Waals surface area contributed by atoms with Gasteiger partial charge in [0, 0.05) is 0 Å². The van der Waals surface area contributed by atoms with Crippen molar-refractivity contribution in [1.29, 1.82) is 0 Å². The minimum Gasteiger partial charge on any atom is -0.497 e. The summed E-state index contributed by atoms with van der Waals surface area (Å²) in [6.45, 7) is 8.37. The van der Waals surface area contributed by atoms with Gasteiger partial charge in [-0.25, -0.2) is 4.98 Å². The van der Waals surface area contributed by atoms with Crippen molar-refractivity contribution in [3.63, 3.8) is 0 Å². The van der Waals surface area contributed by atoms with Crippen molar-refractivity contribution in [2.45, 2.75) is 33.1 Å². The summed E-state index contributed by atoms with van der Waals surface area (Å²) in [5.41, 5.74) is 3.01. The summed E-state index contributed by atoms with van der Waals surface area (Å²) in [6.07, 6.45) is 0. The molecule has 0 aliphatic carbocycles. The first kappa shape index (κ1) is 19.2. The van der Waals surface area contributed by atoms with E-state index in [0.717, 1.165) is 27.3 Å². The van der Waals surface area contributed by atoms with Crippen LogP contribution in [0, 0.1) is 6.92 Å². The first-order valence-electron chi connectivity index (χ1n) is 8.74. The second kappa shape index (κ2) is 7.56. The SMILES string of the molecule is COc1ccc2nc(NC(=O)COc3ccc(C)cc3C(C)(C)C)sc2c1. The Hall–Kier alpha value is -2.60. The lowest BCUT2D eigenvalue weighted by Gasteiger charge is -2.23. The molecule has 1 aromatic heterocycles. The van der Waals surface area contributed by atoms with Crippen LogP contribution in [-0.2, 0) is 10.2 Å². The smallest absolute Gasteiger partial charge is 0.264 e.